The summed E-state index contributed by atoms with van der Waals surface area (Å²) in [6.45, 7) is 9.64. The lowest BCUT2D eigenvalue weighted by molar-refractivity contribution is 0.305. The van der Waals surface area contributed by atoms with Gasteiger partial charge in [0.2, 0.25) is 0 Å². The standard InChI is InChI=1S/C13H25.BrH.Mg/c1-5-10(3)12-7-8-13(9-12)11(4)6-2;;/h9-13H,5-8H2,1-4H3;1H;/q;;+1/p-1. The summed E-state index contributed by atoms with van der Waals surface area (Å²) in [5, 5.41) is 0. The Kier molecular flexibility index (Phi) is 6.54. The van der Waals surface area contributed by atoms with Crippen LogP contribution in [0.15, 0.2) is 0 Å². The average Bonchev–Trinajstić information content (AvgIpc) is 2.70. The van der Waals surface area contributed by atoms with Crippen molar-refractivity contribution in [2.24, 2.45) is 23.7 Å². The Balaban J connectivity index is 2.64. The van der Waals surface area contributed by atoms with E-state index in [-0.39, 0.29) is 18.2 Å². The highest BCUT2D eigenvalue weighted by Crippen LogP contribution is 2.50. The molecule has 0 bridgehead atoms. The van der Waals surface area contributed by atoms with Gasteiger partial charge in [-0.3, -0.25) is 0 Å². The summed E-state index contributed by atoms with van der Waals surface area (Å²) in [5.41, 5.74) is 0. The highest BCUT2D eigenvalue weighted by molar-refractivity contribution is 9.23. The molecule has 0 amide bonds. The van der Waals surface area contributed by atoms with E-state index >= 15 is 0 Å². The molecule has 0 aromatic heterocycles. The third-order valence-corrected chi connectivity index (χ3v) is 8.67. The van der Waals surface area contributed by atoms with E-state index in [0.717, 1.165) is 27.7 Å². The first-order chi connectivity index (χ1) is 7.15. The smallest absolute Gasteiger partial charge is 0.306 e. The van der Waals surface area contributed by atoms with Crippen molar-refractivity contribution in [1.29, 1.82) is 0 Å². The Labute approximate surface area is 112 Å². The minimum Gasteiger partial charge on any atom is -0.306 e. The van der Waals surface area contributed by atoms with Crippen LogP contribution in [-0.4, -0.2) is 18.2 Å². The predicted octanol–water partition coefficient (Wildman–Crippen LogP) is 4.91. The van der Waals surface area contributed by atoms with Crippen LogP contribution in [-0.2, 0) is 0 Å². The van der Waals surface area contributed by atoms with Gasteiger partial charge in [0.15, 0.2) is 0 Å². The molecule has 0 nitrogen and oxygen atoms in total. The summed E-state index contributed by atoms with van der Waals surface area (Å²) >= 11 is 3.89. The number of halogens is 1. The van der Waals surface area contributed by atoms with Gasteiger partial charge in [-0.05, 0) is 11.8 Å². The molecule has 15 heavy (non-hydrogen) atoms. The zero-order valence-electron chi connectivity index (χ0n) is 10.8. The molecule has 0 N–H and O–H groups in total. The first-order valence-corrected chi connectivity index (χ1v) is 11.4. The van der Waals surface area contributed by atoms with E-state index in [1.165, 1.54) is 25.7 Å². The van der Waals surface area contributed by atoms with Gasteiger partial charge in [-0.2, -0.15) is 0 Å². The first-order valence-electron chi connectivity index (χ1n) is 6.71. The zero-order valence-corrected chi connectivity index (χ0v) is 13.8. The van der Waals surface area contributed by atoms with Gasteiger partial charge in [0.1, 0.15) is 0 Å². The van der Waals surface area contributed by atoms with Crippen molar-refractivity contribution < 1.29 is 0 Å². The molecule has 0 heterocycles. The maximum atomic E-state index is 3.89. The van der Waals surface area contributed by atoms with E-state index in [2.05, 4.69) is 40.6 Å². The third kappa shape index (κ3) is 3.35. The second kappa shape index (κ2) is 6.85. The number of hydrogen-bond donors (Lipinski definition) is 0. The van der Waals surface area contributed by atoms with Crippen LogP contribution in [0.4, 0.5) is 0 Å². The van der Waals surface area contributed by atoms with E-state index in [1.807, 2.05) is 0 Å². The van der Waals surface area contributed by atoms with Crippen molar-refractivity contribution in [2.75, 3.05) is 0 Å². The van der Waals surface area contributed by atoms with E-state index in [4.69, 9.17) is 0 Å². The minimum absolute atomic E-state index is 0.00383. The van der Waals surface area contributed by atoms with Gasteiger partial charge >= 0.3 is 18.2 Å². The van der Waals surface area contributed by atoms with Crippen LogP contribution >= 0.6 is 12.9 Å². The molecule has 4 unspecified atom stereocenters. The summed E-state index contributed by atoms with van der Waals surface area (Å²) in [6.07, 6.45) is 5.76. The molecule has 86 valence electrons. The molecule has 1 aliphatic rings. The molecule has 0 spiro atoms. The third-order valence-electron chi connectivity index (χ3n) is 4.86. The van der Waals surface area contributed by atoms with Gasteiger partial charge in [0.25, 0.3) is 0 Å². The quantitative estimate of drug-likeness (QED) is 0.630. The highest BCUT2D eigenvalue weighted by atomic mass is 79.9. The van der Waals surface area contributed by atoms with Gasteiger partial charge in [-0.15, -0.1) is 4.05 Å². The Morgan fingerprint density at radius 1 is 1.07 bits per heavy atom. The molecule has 0 aliphatic heterocycles. The lowest BCUT2D eigenvalue weighted by Gasteiger charge is -2.30. The van der Waals surface area contributed by atoms with Crippen LogP contribution in [0.2, 0.25) is 4.05 Å². The van der Waals surface area contributed by atoms with Gasteiger partial charge in [-0.25, -0.2) is 0 Å². The molecule has 0 radical (unpaired) electrons. The Morgan fingerprint density at radius 2 is 1.47 bits per heavy atom. The molecule has 0 aromatic rings. The molecule has 4 atom stereocenters. The maximum Gasteiger partial charge on any atom is 0.472 e. The van der Waals surface area contributed by atoms with Crippen molar-refractivity contribution >= 4 is 31.1 Å². The maximum absolute atomic E-state index is 3.89. The number of hydrogen-bond acceptors (Lipinski definition) is 0. The van der Waals surface area contributed by atoms with Gasteiger partial charge < -0.3 is 12.9 Å². The van der Waals surface area contributed by atoms with Crippen molar-refractivity contribution in [3.05, 3.63) is 0 Å². The second-order valence-electron chi connectivity index (χ2n) is 5.49. The van der Waals surface area contributed by atoms with Crippen LogP contribution in [0, 0.1) is 23.7 Å². The summed E-state index contributed by atoms with van der Waals surface area (Å²) in [6, 6.07) is 0. The Morgan fingerprint density at radius 3 is 1.73 bits per heavy atom. The molecular weight excluding hydrogens is 260 g/mol. The van der Waals surface area contributed by atoms with Crippen LogP contribution in [0.1, 0.15) is 53.4 Å². The second-order valence-corrected chi connectivity index (χ2v) is 8.69. The van der Waals surface area contributed by atoms with E-state index in [1.54, 1.807) is 0 Å². The predicted molar refractivity (Wildman–Crippen MR) is 73.6 cm³/mol. The van der Waals surface area contributed by atoms with Crippen LogP contribution in [0.5, 0.6) is 0 Å². The zero-order chi connectivity index (χ0) is 11.4. The largest absolute Gasteiger partial charge is 0.472 e. The van der Waals surface area contributed by atoms with Gasteiger partial charge in [0, 0.05) is 0 Å². The Bertz CT molecular complexity index is 165. The molecule has 0 saturated heterocycles. The van der Waals surface area contributed by atoms with Crippen molar-refractivity contribution in [2.45, 2.75) is 57.4 Å². The lowest BCUT2D eigenvalue weighted by atomic mass is 9.85. The fourth-order valence-electron chi connectivity index (χ4n) is 3.38. The molecular formula is C13H25BrMg. The summed E-state index contributed by atoms with van der Waals surface area (Å²) in [5.74, 6) is 3.99. The minimum atomic E-state index is 0.00383. The van der Waals surface area contributed by atoms with Crippen molar-refractivity contribution in [3.8, 4) is 0 Å². The molecule has 1 rings (SSSR count). The summed E-state index contributed by atoms with van der Waals surface area (Å²) < 4.78 is 1.08. The molecule has 1 saturated carbocycles. The molecule has 2 heteroatoms. The molecule has 0 aromatic carbocycles. The fourth-order valence-corrected chi connectivity index (χ4v) is 8.12. The highest BCUT2D eigenvalue weighted by Gasteiger charge is 2.39. The molecule has 1 fully saturated rings. The monoisotopic (exact) mass is 284 g/mol. The Hall–Kier alpha value is 1.25. The molecule has 1 aliphatic carbocycles. The van der Waals surface area contributed by atoms with Crippen molar-refractivity contribution in [1.82, 2.24) is 0 Å². The summed E-state index contributed by atoms with van der Waals surface area (Å²) in [4.78, 5) is 0. The van der Waals surface area contributed by atoms with Crippen LogP contribution in [0.3, 0.4) is 0 Å². The van der Waals surface area contributed by atoms with Crippen molar-refractivity contribution in [3.63, 3.8) is 0 Å². The van der Waals surface area contributed by atoms with Gasteiger partial charge in [-0.1, -0.05) is 65.2 Å². The topological polar surface area (TPSA) is 0 Å². The van der Waals surface area contributed by atoms with E-state index in [0.29, 0.717) is 0 Å². The lowest BCUT2D eigenvalue weighted by Crippen LogP contribution is -2.21. The fraction of sp³-hybridized carbons (Fsp3) is 1.00. The van der Waals surface area contributed by atoms with Crippen LogP contribution in [0.25, 0.3) is 0 Å². The van der Waals surface area contributed by atoms with E-state index in [9.17, 15) is 0 Å². The number of rotatable bonds is 5. The SMILES string of the molecule is CCC(C)C1CCC(C(C)CC)[CH]1[Mg][Br]. The average molecular weight is 286 g/mol. The summed E-state index contributed by atoms with van der Waals surface area (Å²) in [7, 11) is 0. The first kappa shape index (κ1) is 14.3. The van der Waals surface area contributed by atoms with E-state index < -0.39 is 0 Å². The van der Waals surface area contributed by atoms with Crippen LogP contribution < -0.4 is 0 Å². The normalized spacial score (nSPS) is 34.9. The van der Waals surface area contributed by atoms with Gasteiger partial charge in [0.05, 0.1) is 0 Å².